The van der Waals surface area contributed by atoms with Gasteiger partial charge in [0.2, 0.25) is 0 Å². The van der Waals surface area contributed by atoms with Crippen LogP contribution in [0.5, 0.6) is 5.75 Å². The molecule has 1 heterocycles. The van der Waals surface area contributed by atoms with E-state index in [1.54, 1.807) is 12.1 Å². The van der Waals surface area contributed by atoms with E-state index < -0.39 is 0 Å². The predicted octanol–water partition coefficient (Wildman–Crippen LogP) is 2.93. The number of hydrogen-bond acceptors (Lipinski definition) is 3. The molecule has 1 unspecified atom stereocenters. The van der Waals surface area contributed by atoms with Crippen molar-refractivity contribution in [2.24, 2.45) is 0 Å². The number of benzene rings is 1. The Morgan fingerprint density at radius 3 is 2.63 bits per heavy atom. The van der Waals surface area contributed by atoms with Gasteiger partial charge in [0, 0.05) is 11.2 Å². The highest BCUT2D eigenvalue weighted by Gasteiger charge is 2.12. The van der Waals surface area contributed by atoms with Crippen LogP contribution < -0.4 is 5.32 Å². The number of carbonyl (C=O) groups is 1. The highest BCUT2D eigenvalue weighted by Crippen LogP contribution is 2.17. The van der Waals surface area contributed by atoms with Crippen LogP contribution in [0.3, 0.4) is 0 Å². The van der Waals surface area contributed by atoms with Gasteiger partial charge in [0.15, 0.2) is 0 Å². The summed E-state index contributed by atoms with van der Waals surface area (Å²) < 4.78 is 0. The van der Waals surface area contributed by atoms with Crippen molar-refractivity contribution in [2.45, 2.75) is 13.0 Å². The molecule has 2 aromatic rings. The molecule has 0 fully saturated rings. The summed E-state index contributed by atoms with van der Waals surface area (Å²) in [7, 11) is 0. The number of amides is 1. The molecule has 0 bridgehead atoms. The number of halogens is 1. The lowest BCUT2D eigenvalue weighted by Crippen LogP contribution is -2.26. The second-order valence-electron chi connectivity index (χ2n) is 4.18. The monoisotopic (exact) mass is 276 g/mol. The zero-order chi connectivity index (χ0) is 13.8. The summed E-state index contributed by atoms with van der Waals surface area (Å²) >= 11 is 5.81. The van der Waals surface area contributed by atoms with E-state index in [-0.39, 0.29) is 17.7 Å². The Balaban J connectivity index is 2.08. The van der Waals surface area contributed by atoms with Crippen LogP contribution in [0.15, 0.2) is 42.7 Å². The largest absolute Gasteiger partial charge is 0.506 e. The smallest absolute Gasteiger partial charge is 0.253 e. The van der Waals surface area contributed by atoms with Crippen molar-refractivity contribution >= 4 is 17.5 Å². The highest BCUT2D eigenvalue weighted by molar-refractivity contribution is 6.30. The second-order valence-corrected chi connectivity index (χ2v) is 4.61. The van der Waals surface area contributed by atoms with Crippen LogP contribution in [-0.4, -0.2) is 16.0 Å². The molecular formula is C14H13ClN2O2. The molecule has 0 aliphatic rings. The quantitative estimate of drug-likeness (QED) is 0.906. The Kier molecular flexibility index (Phi) is 4.02. The third-order valence-corrected chi connectivity index (χ3v) is 2.96. The third-order valence-electron chi connectivity index (χ3n) is 2.70. The van der Waals surface area contributed by atoms with Crippen molar-refractivity contribution in [1.29, 1.82) is 0 Å². The number of rotatable bonds is 3. The fourth-order valence-electron chi connectivity index (χ4n) is 1.67. The van der Waals surface area contributed by atoms with Crippen molar-refractivity contribution in [3.63, 3.8) is 0 Å². The zero-order valence-electron chi connectivity index (χ0n) is 10.3. The molecule has 2 N–H and O–H groups in total. The fraction of sp³-hybridized carbons (Fsp3) is 0.143. The summed E-state index contributed by atoms with van der Waals surface area (Å²) in [6.45, 7) is 1.87. The topological polar surface area (TPSA) is 62.2 Å². The third kappa shape index (κ3) is 3.45. The van der Waals surface area contributed by atoms with Crippen molar-refractivity contribution in [3.05, 3.63) is 58.9 Å². The molecule has 2 rings (SSSR count). The molecule has 4 nitrogen and oxygen atoms in total. The van der Waals surface area contributed by atoms with Gasteiger partial charge in [-0.1, -0.05) is 23.7 Å². The van der Waals surface area contributed by atoms with Gasteiger partial charge in [0.05, 0.1) is 17.8 Å². The van der Waals surface area contributed by atoms with Crippen LogP contribution in [0.1, 0.15) is 28.9 Å². The van der Waals surface area contributed by atoms with E-state index >= 15 is 0 Å². The van der Waals surface area contributed by atoms with Gasteiger partial charge in [0.1, 0.15) is 5.75 Å². The first-order chi connectivity index (χ1) is 9.06. The van der Waals surface area contributed by atoms with Crippen LogP contribution >= 0.6 is 11.6 Å². The molecule has 0 radical (unpaired) electrons. The molecule has 1 amide bonds. The van der Waals surface area contributed by atoms with Gasteiger partial charge in [0.25, 0.3) is 5.91 Å². The Morgan fingerprint density at radius 2 is 2.00 bits per heavy atom. The van der Waals surface area contributed by atoms with Crippen molar-refractivity contribution < 1.29 is 9.90 Å². The van der Waals surface area contributed by atoms with E-state index in [0.29, 0.717) is 10.6 Å². The number of nitrogens with one attached hydrogen (secondary N) is 1. The first-order valence-corrected chi connectivity index (χ1v) is 6.14. The summed E-state index contributed by atoms with van der Waals surface area (Å²) in [6.07, 6.45) is 2.68. The average molecular weight is 277 g/mol. The van der Waals surface area contributed by atoms with E-state index in [0.717, 1.165) is 5.56 Å². The minimum absolute atomic E-state index is 0.0354. The molecule has 0 aliphatic heterocycles. The molecule has 1 aromatic carbocycles. The van der Waals surface area contributed by atoms with Crippen LogP contribution in [0.4, 0.5) is 0 Å². The van der Waals surface area contributed by atoms with Gasteiger partial charge in [-0.2, -0.15) is 0 Å². The first kappa shape index (κ1) is 13.4. The SMILES string of the molecule is CC(NC(=O)c1cncc(O)c1)c1ccc(Cl)cc1. The van der Waals surface area contributed by atoms with Crippen LogP contribution in [0.2, 0.25) is 5.02 Å². The number of nitrogens with zero attached hydrogens (tertiary/aromatic N) is 1. The Hall–Kier alpha value is -2.07. The molecule has 0 saturated carbocycles. The Labute approximate surface area is 116 Å². The maximum Gasteiger partial charge on any atom is 0.253 e. The van der Waals surface area contributed by atoms with E-state index in [1.165, 1.54) is 18.5 Å². The number of aromatic nitrogens is 1. The summed E-state index contributed by atoms with van der Waals surface area (Å²) in [5, 5.41) is 12.8. The lowest BCUT2D eigenvalue weighted by atomic mass is 10.1. The molecule has 0 aliphatic carbocycles. The lowest BCUT2D eigenvalue weighted by molar-refractivity contribution is 0.0939. The predicted molar refractivity (Wildman–Crippen MR) is 73.2 cm³/mol. The Morgan fingerprint density at radius 1 is 1.32 bits per heavy atom. The molecular weight excluding hydrogens is 264 g/mol. The highest BCUT2D eigenvalue weighted by atomic mass is 35.5. The maximum absolute atomic E-state index is 12.0. The van der Waals surface area contributed by atoms with E-state index in [4.69, 9.17) is 11.6 Å². The van der Waals surface area contributed by atoms with Crippen molar-refractivity contribution in [2.75, 3.05) is 0 Å². The van der Waals surface area contributed by atoms with Gasteiger partial charge in [-0.3, -0.25) is 9.78 Å². The van der Waals surface area contributed by atoms with Gasteiger partial charge in [-0.25, -0.2) is 0 Å². The van der Waals surface area contributed by atoms with Gasteiger partial charge in [-0.15, -0.1) is 0 Å². The average Bonchev–Trinajstić information content (AvgIpc) is 2.39. The molecule has 5 heteroatoms. The molecule has 19 heavy (non-hydrogen) atoms. The molecule has 98 valence electrons. The number of hydrogen-bond donors (Lipinski definition) is 2. The maximum atomic E-state index is 12.0. The first-order valence-electron chi connectivity index (χ1n) is 5.76. The van der Waals surface area contributed by atoms with E-state index in [1.807, 2.05) is 19.1 Å². The molecule has 0 saturated heterocycles. The molecule has 1 aromatic heterocycles. The number of carbonyl (C=O) groups excluding carboxylic acids is 1. The van der Waals surface area contributed by atoms with Gasteiger partial charge < -0.3 is 10.4 Å². The standard InChI is InChI=1S/C14H13ClN2O2/c1-9(10-2-4-12(15)5-3-10)17-14(19)11-6-13(18)8-16-7-11/h2-9,18H,1H3,(H,17,19). The number of aromatic hydroxyl groups is 1. The molecule has 0 spiro atoms. The minimum atomic E-state index is -0.286. The van der Waals surface area contributed by atoms with Crippen LogP contribution in [-0.2, 0) is 0 Å². The van der Waals surface area contributed by atoms with E-state index in [2.05, 4.69) is 10.3 Å². The van der Waals surface area contributed by atoms with Gasteiger partial charge in [-0.05, 0) is 30.7 Å². The van der Waals surface area contributed by atoms with Crippen LogP contribution in [0, 0.1) is 0 Å². The number of pyridine rings is 1. The Bertz CT molecular complexity index is 584. The summed E-state index contributed by atoms with van der Waals surface area (Å²) in [5.41, 5.74) is 1.27. The lowest BCUT2D eigenvalue weighted by Gasteiger charge is -2.14. The van der Waals surface area contributed by atoms with Gasteiger partial charge >= 0.3 is 0 Å². The van der Waals surface area contributed by atoms with Crippen LogP contribution in [0.25, 0.3) is 0 Å². The van der Waals surface area contributed by atoms with Crippen molar-refractivity contribution in [3.8, 4) is 5.75 Å². The minimum Gasteiger partial charge on any atom is -0.506 e. The van der Waals surface area contributed by atoms with Crippen molar-refractivity contribution in [1.82, 2.24) is 10.3 Å². The van der Waals surface area contributed by atoms with E-state index in [9.17, 15) is 9.90 Å². The summed E-state index contributed by atoms with van der Waals surface area (Å²) in [5.74, 6) is -0.322. The summed E-state index contributed by atoms with van der Waals surface area (Å²) in [4.78, 5) is 15.7. The summed E-state index contributed by atoms with van der Waals surface area (Å²) in [6, 6.07) is 8.47. The fourth-order valence-corrected chi connectivity index (χ4v) is 1.79. The normalized spacial score (nSPS) is 11.9. The molecule has 1 atom stereocenters. The zero-order valence-corrected chi connectivity index (χ0v) is 11.1. The second kappa shape index (κ2) is 5.71.